The van der Waals surface area contributed by atoms with Crippen molar-refractivity contribution in [3.63, 3.8) is 0 Å². The average Bonchev–Trinajstić information content (AvgIpc) is 2.54. The number of ether oxygens (including phenoxy) is 1. The van der Waals surface area contributed by atoms with Crippen LogP contribution in [0.25, 0.3) is 0 Å². The van der Waals surface area contributed by atoms with Gasteiger partial charge in [-0.25, -0.2) is 4.79 Å². The van der Waals surface area contributed by atoms with Gasteiger partial charge in [-0.1, -0.05) is 42.5 Å². The van der Waals surface area contributed by atoms with Crippen LogP contribution >= 0.6 is 0 Å². The molecule has 110 valence electrons. The van der Waals surface area contributed by atoms with Crippen molar-refractivity contribution in [3.8, 4) is 5.75 Å². The van der Waals surface area contributed by atoms with Gasteiger partial charge in [0.05, 0.1) is 0 Å². The molecule has 5 heteroatoms. The van der Waals surface area contributed by atoms with E-state index in [4.69, 9.17) is 10.5 Å². The van der Waals surface area contributed by atoms with Crippen LogP contribution in [0.3, 0.4) is 0 Å². The van der Waals surface area contributed by atoms with E-state index >= 15 is 0 Å². The topological polar surface area (TPSA) is 76.4 Å². The molecule has 2 amide bonds. The number of para-hydroxylation sites is 1. The van der Waals surface area contributed by atoms with Gasteiger partial charge in [0.1, 0.15) is 5.75 Å². The van der Waals surface area contributed by atoms with Crippen molar-refractivity contribution in [1.82, 2.24) is 10.6 Å². The summed E-state index contributed by atoms with van der Waals surface area (Å²) in [6.07, 6.45) is 0. The summed E-state index contributed by atoms with van der Waals surface area (Å²) >= 11 is 0. The van der Waals surface area contributed by atoms with Crippen LogP contribution in [-0.2, 0) is 13.1 Å². The van der Waals surface area contributed by atoms with Crippen LogP contribution in [0.5, 0.6) is 5.75 Å². The normalized spacial score (nSPS) is 9.95. The highest BCUT2D eigenvalue weighted by Crippen LogP contribution is 2.07. The highest BCUT2D eigenvalue weighted by Gasteiger charge is 2.01. The molecule has 0 fully saturated rings. The zero-order valence-electron chi connectivity index (χ0n) is 11.7. The van der Waals surface area contributed by atoms with Crippen LogP contribution in [-0.4, -0.2) is 12.8 Å². The van der Waals surface area contributed by atoms with Gasteiger partial charge < -0.3 is 21.1 Å². The number of nitrogens with two attached hydrogens (primary N) is 1. The number of benzene rings is 2. The van der Waals surface area contributed by atoms with E-state index in [0.29, 0.717) is 18.8 Å². The third-order valence-corrected chi connectivity index (χ3v) is 2.89. The van der Waals surface area contributed by atoms with Gasteiger partial charge >= 0.3 is 6.03 Å². The Kier molecular flexibility index (Phi) is 5.60. The summed E-state index contributed by atoms with van der Waals surface area (Å²) in [6, 6.07) is 16.8. The number of carbonyl (C=O) groups is 1. The molecule has 0 bridgehead atoms. The molecular weight excluding hydrogens is 266 g/mol. The summed E-state index contributed by atoms with van der Waals surface area (Å²) < 4.78 is 5.38. The Morgan fingerprint density at radius 1 is 1.00 bits per heavy atom. The van der Waals surface area contributed by atoms with E-state index < -0.39 is 0 Å². The summed E-state index contributed by atoms with van der Waals surface area (Å²) in [6.45, 7) is 1.06. The quantitative estimate of drug-likeness (QED) is 0.710. The molecule has 4 N–H and O–H groups in total. The Labute approximate surface area is 124 Å². The minimum Gasteiger partial charge on any atom is -0.473 e. The van der Waals surface area contributed by atoms with E-state index in [-0.39, 0.29) is 12.8 Å². The van der Waals surface area contributed by atoms with Gasteiger partial charge in [0.25, 0.3) is 0 Å². The molecule has 21 heavy (non-hydrogen) atoms. The Morgan fingerprint density at radius 3 is 2.52 bits per heavy atom. The lowest BCUT2D eigenvalue weighted by molar-refractivity contribution is 0.223. The van der Waals surface area contributed by atoms with Gasteiger partial charge in [-0.3, -0.25) is 0 Å². The molecule has 0 saturated carbocycles. The maximum absolute atomic E-state index is 11.6. The van der Waals surface area contributed by atoms with Crippen LogP contribution in [0.1, 0.15) is 11.1 Å². The fourth-order valence-electron chi connectivity index (χ4n) is 1.81. The predicted octanol–water partition coefficient (Wildman–Crippen LogP) is 1.98. The first-order valence-electron chi connectivity index (χ1n) is 6.75. The second-order valence-corrected chi connectivity index (χ2v) is 4.49. The molecule has 5 nitrogen and oxygen atoms in total. The van der Waals surface area contributed by atoms with Crippen LogP contribution in [0.4, 0.5) is 4.79 Å². The second-order valence-electron chi connectivity index (χ2n) is 4.49. The van der Waals surface area contributed by atoms with E-state index in [9.17, 15) is 4.79 Å². The molecule has 2 aromatic rings. The molecule has 0 saturated heterocycles. The predicted molar refractivity (Wildman–Crippen MR) is 81.6 cm³/mol. The average molecular weight is 285 g/mol. The van der Waals surface area contributed by atoms with Crippen LogP contribution < -0.4 is 21.1 Å². The molecule has 0 aliphatic heterocycles. The smallest absolute Gasteiger partial charge is 0.317 e. The maximum atomic E-state index is 11.6. The van der Waals surface area contributed by atoms with Crippen molar-refractivity contribution >= 4 is 6.03 Å². The van der Waals surface area contributed by atoms with Crippen molar-refractivity contribution in [1.29, 1.82) is 0 Å². The van der Waals surface area contributed by atoms with Crippen molar-refractivity contribution in [2.45, 2.75) is 13.1 Å². The third-order valence-electron chi connectivity index (χ3n) is 2.89. The monoisotopic (exact) mass is 285 g/mol. The van der Waals surface area contributed by atoms with Crippen LogP contribution in [0.2, 0.25) is 0 Å². The first kappa shape index (κ1) is 14.9. The SMILES string of the molecule is NCc1cccc(CNC(=O)NCOc2ccccc2)c1. The Morgan fingerprint density at radius 2 is 1.76 bits per heavy atom. The number of rotatable bonds is 6. The van der Waals surface area contributed by atoms with E-state index in [1.165, 1.54) is 0 Å². The van der Waals surface area contributed by atoms with E-state index in [1.54, 1.807) is 0 Å². The highest BCUT2D eigenvalue weighted by atomic mass is 16.5. The zero-order chi connectivity index (χ0) is 14.9. The lowest BCUT2D eigenvalue weighted by Crippen LogP contribution is -2.37. The summed E-state index contributed by atoms with van der Waals surface area (Å²) in [5.74, 6) is 0.716. The zero-order valence-corrected chi connectivity index (χ0v) is 11.7. The van der Waals surface area contributed by atoms with Crippen molar-refractivity contribution in [2.24, 2.45) is 5.73 Å². The molecule has 2 aromatic carbocycles. The fraction of sp³-hybridized carbons (Fsp3) is 0.188. The van der Waals surface area contributed by atoms with Gasteiger partial charge in [0.15, 0.2) is 6.73 Å². The number of amides is 2. The molecule has 2 rings (SSSR count). The van der Waals surface area contributed by atoms with Crippen LogP contribution in [0.15, 0.2) is 54.6 Å². The largest absolute Gasteiger partial charge is 0.473 e. The molecule has 0 unspecified atom stereocenters. The first-order chi connectivity index (χ1) is 10.3. The highest BCUT2D eigenvalue weighted by molar-refractivity contribution is 5.73. The maximum Gasteiger partial charge on any atom is 0.317 e. The van der Waals surface area contributed by atoms with E-state index in [0.717, 1.165) is 11.1 Å². The summed E-state index contributed by atoms with van der Waals surface area (Å²) in [5.41, 5.74) is 7.63. The molecular formula is C16H19N3O2. The van der Waals surface area contributed by atoms with Gasteiger partial charge in [0.2, 0.25) is 0 Å². The van der Waals surface area contributed by atoms with E-state index in [1.807, 2.05) is 54.6 Å². The summed E-state index contributed by atoms with van der Waals surface area (Å²) in [4.78, 5) is 11.6. The molecule has 0 aliphatic carbocycles. The number of hydrogen-bond donors (Lipinski definition) is 3. The molecule has 0 radical (unpaired) electrons. The van der Waals surface area contributed by atoms with Crippen molar-refractivity contribution in [3.05, 3.63) is 65.7 Å². The Bertz CT molecular complexity index is 573. The number of nitrogens with one attached hydrogen (secondary N) is 2. The van der Waals surface area contributed by atoms with Crippen molar-refractivity contribution < 1.29 is 9.53 Å². The Balaban J connectivity index is 1.70. The molecule has 0 aliphatic rings. The Hall–Kier alpha value is -2.53. The molecule has 0 aromatic heterocycles. The number of hydrogen-bond acceptors (Lipinski definition) is 3. The van der Waals surface area contributed by atoms with E-state index in [2.05, 4.69) is 10.6 Å². The van der Waals surface area contributed by atoms with Gasteiger partial charge in [-0.15, -0.1) is 0 Å². The van der Waals surface area contributed by atoms with Gasteiger partial charge in [0, 0.05) is 13.1 Å². The lowest BCUT2D eigenvalue weighted by Gasteiger charge is -2.09. The standard InChI is InChI=1S/C16H19N3O2/c17-10-13-5-4-6-14(9-13)11-18-16(20)19-12-21-15-7-2-1-3-8-15/h1-9H,10-12,17H2,(H2,18,19,20). The second kappa shape index (κ2) is 7.91. The number of carbonyl (C=O) groups excluding carboxylic acids is 1. The fourth-order valence-corrected chi connectivity index (χ4v) is 1.81. The minimum atomic E-state index is -0.274. The summed E-state index contributed by atoms with van der Waals surface area (Å²) in [5, 5.41) is 5.40. The van der Waals surface area contributed by atoms with Gasteiger partial charge in [-0.2, -0.15) is 0 Å². The first-order valence-corrected chi connectivity index (χ1v) is 6.75. The van der Waals surface area contributed by atoms with Gasteiger partial charge in [-0.05, 0) is 23.3 Å². The summed E-state index contributed by atoms with van der Waals surface area (Å²) in [7, 11) is 0. The van der Waals surface area contributed by atoms with Crippen LogP contribution in [0, 0.1) is 0 Å². The number of urea groups is 1. The minimum absolute atomic E-state index is 0.124. The van der Waals surface area contributed by atoms with Crippen molar-refractivity contribution in [2.75, 3.05) is 6.73 Å². The lowest BCUT2D eigenvalue weighted by atomic mass is 10.1. The molecule has 0 heterocycles. The molecule has 0 atom stereocenters. The third kappa shape index (κ3) is 5.16. The molecule has 0 spiro atoms.